The molecule has 30 heavy (non-hydrogen) atoms. The molecule has 1 amide bonds. The van der Waals surface area contributed by atoms with Gasteiger partial charge in [0.25, 0.3) is 0 Å². The second-order valence-corrected chi connectivity index (χ2v) is 8.85. The number of piperidine rings is 1. The summed E-state index contributed by atoms with van der Waals surface area (Å²) in [4.78, 5) is 19.3. The minimum absolute atomic E-state index is 0.146. The van der Waals surface area contributed by atoms with Gasteiger partial charge in [-0.15, -0.1) is 0 Å². The van der Waals surface area contributed by atoms with Gasteiger partial charge in [0, 0.05) is 31.4 Å². The number of nitrogens with two attached hydrogens (primary N) is 1. The summed E-state index contributed by atoms with van der Waals surface area (Å²) in [6.45, 7) is 5.98. The lowest BCUT2D eigenvalue weighted by molar-refractivity contribution is -0.138. The number of nitrogens with one attached hydrogen (secondary N) is 1. The zero-order chi connectivity index (χ0) is 21.1. The number of hydrogen-bond donors (Lipinski definition) is 2. The average molecular weight is 426 g/mol. The minimum Gasteiger partial charge on any atom is -0.492 e. The number of rotatable bonds is 5. The molecule has 1 aromatic heterocycles. The Morgan fingerprint density at radius 2 is 2.13 bits per heavy atom. The van der Waals surface area contributed by atoms with Crippen molar-refractivity contribution in [2.24, 2.45) is 16.0 Å². The quantitative estimate of drug-likeness (QED) is 0.714. The van der Waals surface area contributed by atoms with Gasteiger partial charge in [0.2, 0.25) is 5.91 Å². The summed E-state index contributed by atoms with van der Waals surface area (Å²) in [5.74, 6) is 1.61. The van der Waals surface area contributed by atoms with Gasteiger partial charge >= 0.3 is 0 Å². The molecule has 3 heterocycles. The van der Waals surface area contributed by atoms with Crippen LogP contribution in [0.25, 0.3) is 0 Å². The van der Waals surface area contributed by atoms with E-state index in [0.29, 0.717) is 19.0 Å². The number of pyridine rings is 1. The molecule has 0 spiro atoms. The number of carbonyl (C=O) groups excluding carboxylic acids is 1. The van der Waals surface area contributed by atoms with Crippen molar-refractivity contribution in [3.8, 4) is 5.75 Å². The number of fused-ring (bicyclic) bond motifs is 1. The van der Waals surface area contributed by atoms with Crippen molar-refractivity contribution in [1.82, 2.24) is 9.88 Å². The van der Waals surface area contributed by atoms with Crippen LogP contribution < -0.4 is 15.2 Å². The van der Waals surface area contributed by atoms with Gasteiger partial charge in [-0.05, 0) is 56.5 Å². The number of aromatic nitrogens is 1. The van der Waals surface area contributed by atoms with E-state index >= 15 is 0 Å². The lowest BCUT2D eigenvalue weighted by Gasteiger charge is -2.37. The molecule has 0 aliphatic carbocycles. The van der Waals surface area contributed by atoms with E-state index in [-0.39, 0.29) is 11.8 Å². The Morgan fingerprint density at radius 1 is 1.33 bits per heavy atom. The van der Waals surface area contributed by atoms with E-state index < -0.39 is 5.41 Å². The molecule has 1 aromatic carbocycles. The van der Waals surface area contributed by atoms with Gasteiger partial charge in [0.05, 0.1) is 35.4 Å². The third-order valence-electron chi connectivity index (χ3n) is 5.80. The third kappa shape index (κ3) is 4.09. The predicted octanol–water partition coefficient (Wildman–Crippen LogP) is 3.37. The van der Waals surface area contributed by atoms with Crippen LogP contribution in [0.2, 0.25) is 0 Å². The molecular weight excluding hydrogens is 398 g/mol. The summed E-state index contributed by atoms with van der Waals surface area (Å²) in [7, 11) is 0. The highest BCUT2D eigenvalue weighted by atomic mass is 32.2. The fourth-order valence-corrected chi connectivity index (χ4v) is 4.55. The maximum absolute atomic E-state index is 13.3. The number of hydrogen-bond acceptors (Lipinski definition) is 7. The van der Waals surface area contributed by atoms with Crippen LogP contribution in [0.15, 0.2) is 47.1 Å². The van der Waals surface area contributed by atoms with E-state index in [0.717, 1.165) is 42.0 Å². The van der Waals surface area contributed by atoms with Crippen LogP contribution in [-0.4, -0.2) is 41.3 Å². The number of anilines is 1. The molecule has 0 bridgehead atoms. The Kier molecular flexibility index (Phi) is 5.85. The molecule has 0 radical (unpaired) electrons. The number of amidine groups is 1. The van der Waals surface area contributed by atoms with Crippen molar-refractivity contribution >= 4 is 29.6 Å². The summed E-state index contributed by atoms with van der Waals surface area (Å²) in [5.41, 5.74) is 8.18. The normalized spacial score (nSPS) is 18.8. The van der Waals surface area contributed by atoms with Crippen molar-refractivity contribution in [3.05, 3.63) is 53.9 Å². The molecule has 2 aliphatic rings. The Bertz CT molecular complexity index is 948. The summed E-state index contributed by atoms with van der Waals surface area (Å²) in [6, 6.07) is 9.64. The Morgan fingerprint density at radius 3 is 2.93 bits per heavy atom. The lowest BCUT2D eigenvalue weighted by Crippen LogP contribution is -2.48. The van der Waals surface area contributed by atoms with E-state index in [9.17, 15) is 4.79 Å². The molecule has 1 fully saturated rings. The number of likely N-dealkylation sites (tertiary alicyclic amines) is 1. The van der Waals surface area contributed by atoms with Crippen molar-refractivity contribution in [1.29, 1.82) is 0 Å². The predicted molar refractivity (Wildman–Crippen MR) is 120 cm³/mol. The second-order valence-electron chi connectivity index (χ2n) is 8.28. The number of amides is 1. The van der Waals surface area contributed by atoms with Crippen LogP contribution in [0, 0.1) is 5.92 Å². The molecule has 2 aliphatic heterocycles. The Labute approximate surface area is 181 Å². The zero-order valence-corrected chi connectivity index (χ0v) is 18.1. The number of benzene rings is 1. The molecule has 0 saturated carbocycles. The molecular formula is C22H27N5O2S. The molecule has 4 rings (SSSR count). The largest absolute Gasteiger partial charge is 0.492 e. The number of nitrogens with zero attached hydrogens (tertiary/aromatic N) is 3. The molecule has 3 N–H and O–H groups in total. The zero-order valence-electron chi connectivity index (χ0n) is 17.3. The van der Waals surface area contributed by atoms with Crippen molar-refractivity contribution in [3.63, 3.8) is 0 Å². The maximum atomic E-state index is 13.3. The monoisotopic (exact) mass is 425 g/mol. The minimum atomic E-state index is -0.585. The van der Waals surface area contributed by atoms with Crippen LogP contribution >= 0.6 is 12.1 Å². The van der Waals surface area contributed by atoms with Gasteiger partial charge in [-0.1, -0.05) is 6.07 Å². The Hall–Kier alpha value is -2.74. The van der Waals surface area contributed by atoms with Crippen molar-refractivity contribution < 1.29 is 9.53 Å². The lowest BCUT2D eigenvalue weighted by atomic mass is 9.83. The first-order chi connectivity index (χ1) is 14.5. The molecule has 158 valence electrons. The van der Waals surface area contributed by atoms with E-state index in [1.165, 1.54) is 12.1 Å². The van der Waals surface area contributed by atoms with Crippen LogP contribution in [0.4, 0.5) is 5.69 Å². The van der Waals surface area contributed by atoms with E-state index in [2.05, 4.69) is 14.1 Å². The highest BCUT2D eigenvalue weighted by molar-refractivity contribution is 7.99. The number of carbonyl (C=O) groups is 1. The summed E-state index contributed by atoms with van der Waals surface area (Å²) in [6.07, 6.45) is 5.48. The van der Waals surface area contributed by atoms with E-state index in [1.807, 2.05) is 49.1 Å². The maximum Gasteiger partial charge on any atom is 0.232 e. The highest BCUT2D eigenvalue weighted by Crippen LogP contribution is 2.33. The van der Waals surface area contributed by atoms with Gasteiger partial charge in [0.1, 0.15) is 11.6 Å². The molecule has 1 atom stereocenters. The van der Waals surface area contributed by atoms with Crippen LogP contribution in [0.5, 0.6) is 5.75 Å². The molecule has 8 heteroatoms. The molecule has 0 unspecified atom stereocenters. The van der Waals surface area contributed by atoms with Gasteiger partial charge in [-0.3, -0.25) is 9.78 Å². The topological polar surface area (TPSA) is 92.8 Å². The summed E-state index contributed by atoms with van der Waals surface area (Å²) in [5, 5.41) is 0. The van der Waals surface area contributed by atoms with Gasteiger partial charge in [-0.2, -0.15) is 4.40 Å². The number of ether oxygens (including phenoxy) is 1. The average Bonchev–Trinajstić information content (AvgIpc) is 2.78. The first kappa shape index (κ1) is 20.5. The van der Waals surface area contributed by atoms with Crippen LogP contribution in [-0.2, 0) is 10.2 Å². The SMILES string of the molecule is CC(C)(C(=O)N1CCC[C@H](COc2cccc3c2C(N)=NSN3)C1)c1ccncc1. The van der Waals surface area contributed by atoms with Crippen molar-refractivity contribution in [2.45, 2.75) is 32.1 Å². The van der Waals surface area contributed by atoms with Crippen LogP contribution in [0.3, 0.4) is 0 Å². The standard InChI is InChI=1S/C22H27N5O2S/c1-22(2,16-8-10-24-11-9-16)21(28)27-12-4-5-15(13-27)14-29-18-7-3-6-17-19(18)20(23)26-30-25-17/h3,6-11,15,25H,4-5,12-14H2,1-2H3,(H2,23,26)/t15-/m0/s1. The smallest absolute Gasteiger partial charge is 0.232 e. The fraction of sp³-hybridized carbons (Fsp3) is 0.409. The van der Waals surface area contributed by atoms with Gasteiger partial charge in [-0.25, -0.2) is 0 Å². The first-order valence-electron chi connectivity index (χ1n) is 10.2. The van der Waals surface area contributed by atoms with E-state index in [1.54, 1.807) is 12.4 Å². The molecule has 1 saturated heterocycles. The first-order valence-corrected chi connectivity index (χ1v) is 11.0. The highest BCUT2D eigenvalue weighted by Gasteiger charge is 2.36. The van der Waals surface area contributed by atoms with Crippen molar-refractivity contribution in [2.75, 3.05) is 24.4 Å². The second kappa shape index (κ2) is 8.55. The van der Waals surface area contributed by atoms with Gasteiger partial charge in [0.15, 0.2) is 0 Å². The van der Waals surface area contributed by atoms with Gasteiger partial charge < -0.3 is 20.1 Å². The summed E-state index contributed by atoms with van der Waals surface area (Å²) >= 11 is 1.21. The van der Waals surface area contributed by atoms with Crippen LogP contribution in [0.1, 0.15) is 37.8 Å². The van der Waals surface area contributed by atoms with E-state index in [4.69, 9.17) is 10.5 Å². The summed E-state index contributed by atoms with van der Waals surface area (Å²) < 4.78 is 13.5. The molecule has 2 aromatic rings. The Balaban J connectivity index is 1.42. The third-order valence-corrected chi connectivity index (χ3v) is 6.40. The fourth-order valence-electron chi connectivity index (χ4n) is 4.05. The molecule has 7 nitrogen and oxygen atoms in total.